The van der Waals surface area contributed by atoms with E-state index in [1.165, 1.54) is 25.3 Å². The molecule has 6 nitrogen and oxygen atoms in total. The molecule has 6 heteroatoms. The summed E-state index contributed by atoms with van der Waals surface area (Å²) in [5.41, 5.74) is 0.0278. The van der Waals surface area contributed by atoms with Crippen molar-refractivity contribution in [2.45, 2.75) is 37.8 Å². The van der Waals surface area contributed by atoms with E-state index in [1.54, 1.807) is 18.2 Å². The van der Waals surface area contributed by atoms with Gasteiger partial charge in [-0.05, 0) is 18.9 Å². The van der Waals surface area contributed by atoms with Crippen LogP contribution in [0.2, 0.25) is 0 Å². The lowest BCUT2D eigenvalue weighted by molar-refractivity contribution is -0.385. The average molecular weight is 306 g/mol. The van der Waals surface area contributed by atoms with Gasteiger partial charge >= 0.3 is 5.69 Å². The van der Waals surface area contributed by atoms with Crippen LogP contribution in [0, 0.1) is 10.1 Å². The molecular weight excluding hydrogens is 284 g/mol. The van der Waals surface area contributed by atoms with Gasteiger partial charge in [-0.3, -0.25) is 15.0 Å². The fourth-order valence-electron chi connectivity index (χ4n) is 3.46. The summed E-state index contributed by atoms with van der Waals surface area (Å²) in [4.78, 5) is 13.0. The van der Waals surface area contributed by atoms with Crippen LogP contribution in [0.1, 0.15) is 25.7 Å². The first-order valence-corrected chi connectivity index (χ1v) is 7.97. The van der Waals surface area contributed by atoms with Gasteiger partial charge in [-0.1, -0.05) is 25.0 Å². The van der Waals surface area contributed by atoms with Gasteiger partial charge in [-0.25, -0.2) is 0 Å². The smallest absolute Gasteiger partial charge is 0.310 e. The van der Waals surface area contributed by atoms with Crippen molar-refractivity contribution < 1.29 is 14.4 Å². The Morgan fingerprint density at radius 2 is 2.14 bits per heavy atom. The highest BCUT2D eigenvalue weighted by Crippen LogP contribution is 2.29. The summed E-state index contributed by atoms with van der Waals surface area (Å²) in [6.07, 6.45) is 5.18. The Bertz CT molecular complexity index is 521. The van der Waals surface area contributed by atoms with Crippen LogP contribution in [0.3, 0.4) is 0 Å². The predicted octanol–water partition coefficient (Wildman–Crippen LogP) is 2.62. The first kappa shape index (κ1) is 15.2. The van der Waals surface area contributed by atoms with Crippen molar-refractivity contribution in [2.24, 2.45) is 0 Å². The van der Waals surface area contributed by atoms with E-state index in [4.69, 9.17) is 9.47 Å². The standard InChI is InChI=1S/C16H22N2O4/c19-18(20)14-6-2-4-8-16(14)22-12-10-17-9-11-21-15-7-3-1-5-13(15)17/h2,4,6,8,13,15H,1,3,5,7,9-12H2. The minimum atomic E-state index is -0.402. The van der Waals surface area contributed by atoms with Crippen molar-refractivity contribution in [1.82, 2.24) is 4.90 Å². The molecule has 2 aliphatic rings. The summed E-state index contributed by atoms with van der Waals surface area (Å²) in [5.74, 6) is 0.348. The largest absolute Gasteiger partial charge is 0.485 e. The molecule has 1 aromatic rings. The highest BCUT2D eigenvalue weighted by atomic mass is 16.6. The highest BCUT2D eigenvalue weighted by Gasteiger charge is 2.33. The van der Waals surface area contributed by atoms with E-state index in [9.17, 15) is 10.1 Å². The van der Waals surface area contributed by atoms with Crippen LogP contribution in [0.25, 0.3) is 0 Å². The zero-order valence-electron chi connectivity index (χ0n) is 12.6. The van der Waals surface area contributed by atoms with Crippen molar-refractivity contribution in [3.8, 4) is 5.75 Å². The number of morpholine rings is 1. The van der Waals surface area contributed by atoms with Gasteiger partial charge in [0, 0.05) is 25.2 Å². The number of ether oxygens (including phenoxy) is 2. The molecule has 120 valence electrons. The lowest BCUT2D eigenvalue weighted by Gasteiger charge is -2.43. The zero-order chi connectivity index (χ0) is 15.4. The molecule has 1 saturated carbocycles. The lowest BCUT2D eigenvalue weighted by Crippen LogP contribution is -2.53. The maximum Gasteiger partial charge on any atom is 0.310 e. The van der Waals surface area contributed by atoms with Gasteiger partial charge in [-0.15, -0.1) is 0 Å². The molecule has 1 aliphatic carbocycles. The first-order chi connectivity index (χ1) is 10.8. The summed E-state index contributed by atoms with van der Waals surface area (Å²) in [5, 5.41) is 11.0. The molecule has 2 unspecified atom stereocenters. The second-order valence-electron chi connectivity index (χ2n) is 5.87. The van der Waals surface area contributed by atoms with Gasteiger partial charge in [-0.2, -0.15) is 0 Å². The number of fused-ring (bicyclic) bond motifs is 1. The predicted molar refractivity (Wildman–Crippen MR) is 82.2 cm³/mol. The van der Waals surface area contributed by atoms with Crippen LogP contribution in [0.15, 0.2) is 24.3 Å². The summed E-state index contributed by atoms with van der Waals surface area (Å²) < 4.78 is 11.5. The summed E-state index contributed by atoms with van der Waals surface area (Å²) >= 11 is 0. The maximum atomic E-state index is 11.0. The van der Waals surface area contributed by atoms with E-state index in [0.717, 1.165) is 26.1 Å². The van der Waals surface area contributed by atoms with Gasteiger partial charge in [0.2, 0.25) is 0 Å². The molecule has 0 aromatic heterocycles. The maximum absolute atomic E-state index is 11.0. The third-order valence-electron chi connectivity index (χ3n) is 4.55. The van der Waals surface area contributed by atoms with Crippen LogP contribution < -0.4 is 4.74 Å². The number of hydrogen-bond donors (Lipinski definition) is 0. The Kier molecular flexibility index (Phi) is 4.90. The minimum Gasteiger partial charge on any atom is -0.485 e. The molecule has 2 fully saturated rings. The molecule has 0 radical (unpaired) electrons. The molecule has 3 rings (SSSR count). The summed E-state index contributed by atoms with van der Waals surface area (Å²) in [6.45, 7) is 2.94. The van der Waals surface area contributed by atoms with Crippen molar-refractivity contribution in [3.63, 3.8) is 0 Å². The van der Waals surface area contributed by atoms with Crippen molar-refractivity contribution in [3.05, 3.63) is 34.4 Å². The molecule has 0 N–H and O–H groups in total. The van der Waals surface area contributed by atoms with Gasteiger partial charge in [0.25, 0.3) is 0 Å². The fraction of sp³-hybridized carbons (Fsp3) is 0.625. The van der Waals surface area contributed by atoms with Gasteiger partial charge in [0.15, 0.2) is 5.75 Å². The van der Waals surface area contributed by atoms with Crippen LogP contribution in [-0.4, -0.2) is 48.3 Å². The Morgan fingerprint density at radius 3 is 3.00 bits per heavy atom. The van der Waals surface area contributed by atoms with E-state index in [-0.39, 0.29) is 5.69 Å². The van der Waals surface area contributed by atoms with Crippen LogP contribution in [0.5, 0.6) is 5.75 Å². The third kappa shape index (κ3) is 3.39. The van der Waals surface area contributed by atoms with Crippen LogP contribution in [0.4, 0.5) is 5.69 Å². The molecule has 1 saturated heterocycles. The number of benzene rings is 1. The van der Waals surface area contributed by atoms with Crippen molar-refractivity contribution in [2.75, 3.05) is 26.3 Å². The fourth-order valence-corrected chi connectivity index (χ4v) is 3.46. The number of nitrogens with zero attached hydrogens (tertiary/aromatic N) is 2. The monoisotopic (exact) mass is 306 g/mol. The van der Waals surface area contributed by atoms with Gasteiger partial charge in [0.1, 0.15) is 6.61 Å². The summed E-state index contributed by atoms with van der Waals surface area (Å²) in [6, 6.07) is 7.02. The number of para-hydroxylation sites is 2. The van der Waals surface area contributed by atoms with Gasteiger partial charge in [0.05, 0.1) is 17.6 Å². The number of nitro groups is 1. The number of rotatable bonds is 5. The Labute approximate surface area is 130 Å². The number of nitro benzene ring substituents is 1. The molecule has 22 heavy (non-hydrogen) atoms. The zero-order valence-corrected chi connectivity index (χ0v) is 12.6. The first-order valence-electron chi connectivity index (χ1n) is 7.97. The Balaban J connectivity index is 1.55. The molecular formula is C16H22N2O4. The molecule has 1 aromatic carbocycles. The lowest BCUT2D eigenvalue weighted by atomic mass is 9.90. The van der Waals surface area contributed by atoms with Crippen LogP contribution >= 0.6 is 0 Å². The molecule has 0 bridgehead atoms. The normalized spacial score (nSPS) is 25.5. The molecule has 0 amide bonds. The molecule has 1 heterocycles. The second kappa shape index (κ2) is 7.07. The van der Waals surface area contributed by atoms with E-state index < -0.39 is 4.92 Å². The van der Waals surface area contributed by atoms with Crippen molar-refractivity contribution >= 4 is 5.69 Å². The van der Waals surface area contributed by atoms with Crippen LogP contribution in [-0.2, 0) is 4.74 Å². The van der Waals surface area contributed by atoms with E-state index in [0.29, 0.717) is 24.5 Å². The molecule has 0 spiro atoms. The SMILES string of the molecule is O=[N+]([O-])c1ccccc1OCCN1CCOC2CCCCC21. The van der Waals surface area contributed by atoms with E-state index >= 15 is 0 Å². The molecule has 1 aliphatic heterocycles. The highest BCUT2D eigenvalue weighted by molar-refractivity contribution is 5.45. The minimum absolute atomic E-state index is 0.0278. The second-order valence-corrected chi connectivity index (χ2v) is 5.87. The quantitative estimate of drug-likeness (QED) is 0.618. The summed E-state index contributed by atoms with van der Waals surface area (Å²) in [7, 11) is 0. The van der Waals surface area contributed by atoms with E-state index in [1.807, 2.05) is 0 Å². The number of hydrogen-bond acceptors (Lipinski definition) is 5. The molecule has 2 atom stereocenters. The average Bonchev–Trinajstić information content (AvgIpc) is 2.55. The third-order valence-corrected chi connectivity index (χ3v) is 4.55. The van der Waals surface area contributed by atoms with E-state index in [2.05, 4.69) is 4.90 Å². The Morgan fingerprint density at radius 1 is 1.32 bits per heavy atom. The van der Waals surface area contributed by atoms with Crippen molar-refractivity contribution in [1.29, 1.82) is 0 Å². The van der Waals surface area contributed by atoms with Gasteiger partial charge < -0.3 is 9.47 Å². The topological polar surface area (TPSA) is 64.8 Å². The Hall–Kier alpha value is -1.66.